The second-order valence-electron chi connectivity index (χ2n) is 4.26. The van der Waals surface area contributed by atoms with E-state index < -0.39 is 0 Å². The van der Waals surface area contributed by atoms with E-state index in [4.69, 9.17) is 4.74 Å². The summed E-state index contributed by atoms with van der Waals surface area (Å²) in [4.78, 5) is 11.5. The highest BCUT2D eigenvalue weighted by molar-refractivity contribution is 8.00. The van der Waals surface area contributed by atoms with Gasteiger partial charge in [0.15, 0.2) is 0 Å². The van der Waals surface area contributed by atoms with Crippen LogP contribution < -0.4 is 0 Å². The molecule has 3 heteroatoms. The third-order valence-corrected chi connectivity index (χ3v) is 3.68. The Morgan fingerprint density at radius 2 is 1.93 bits per heavy atom. The molecule has 2 atom stereocenters. The lowest BCUT2D eigenvalue weighted by molar-refractivity contribution is -0.140. The molecule has 1 rings (SSSR count). The largest absolute Gasteiger partial charge is 0.430 e. The molecule has 2 unspecified atom stereocenters. The van der Waals surface area contributed by atoms with Gasteiger partial charge in [0.1, 0.15) is 5.76 Å². The first-order valence-corrected chi connectivity index (χ1v) is 5.93. The fourth-order valence-corrected chi connectivity index (χ4v) is 3.04. The van der Waals surface area contributed by atoms with Gasteiger partial charge < -0.3 is 4.74 Å². The average Bonchev–Trinajstić information content (AvgIpc) is 2.25. The SMILES string of the molecule is C=C1OC(=O)C(C(C)C)C1SC(C)C. The van der Waals surface area contributed by atoms with Crippen molar-refractivity contribution in [1.29, 1.82) is 0 Å². The Labute approximate surface area is 90.1 Å². The normalized spacial score (nSPS) is 27.6. The van der Waals surface area contributed by atoms with Crippen molar-refractivity contribution >= 4 is 17.7 Å². The molecule has 1 aliphatic heterocycles. The van der Waals surface area contributed by atoms with Crippen LogP contribution in [0.5, 0.6) is 0 Å². The van der Waals surface area contributed by atoms with E-state index >= 15 is 0 Å². The Kier molecular flexibility index (Phi) is 3.65. The maximum absolute atomic E-state index is 11.5. The predicted octanol–water partition coefficient (Wildman–Crippen LogP) is 2.84. The molecule has 0 aromatic rings. The number of cyclic esters (lactones) is 1. The van der Waals surface area contributed by atoms with Crippen molar-refractivity contribution in [2.75, 3.05) is 0 Å². The molecule has 80 valence electrons. The first-order valence-electron chi connectivity index (χ1n) is 4.99. The molecule has 0 saturated carbocycles. The molecule has 0 bridgehead atoms. The summed E-state index contributed by atoms with van der Waals surface area (Å²) in [6.45, 7) is 12.2. The van der Waals surface area contributed by atoms with Crippen LogP contribution in [0.3, 0.4) is 0 Å². The lowest BCUT2D eigenvalue weighted by Gasteiger charge is -2.19. The predicted molar refractivity (Wildman–Crippen MR) is 60.1 cm³/mol. The number of hydrogen-bond donors (Lipinski definition) is 0. The summed E-state index contributed by atoms with van der Waals surface area (Å²) in [5, 5.41) is 0.634. The summed E-state index contributed by atoms with van der Waals surface area (Å²) in [5.74, 6) is 0.823. The lowest BCUT2D eigenvalue weighted by Crippen LogP contribution is -2.24. The van der Waals surface area contributed by atoms with E-state index in [1.165, 1.54) is 0 Å². The van der Waals surface area contributed by atoms with Crippen molar-refractivity contribution in [3.63, 3.8) is 0 Å². The zero-order valence-corrected chi connectivity index (χ0v) is 10.1. The molecule has 1 fully saturated rings. The number of carbonyl (C=O) groups excluding carboxylic acids is 1. The molecule has 0 spiro atoms. The van der Waals surface area contributed by atoms with Crippen LogP contribution >= 0.6 is 11.8 Å². The molecule has 0 N–H and O–H groups in total. The Hall–Kier alpha value is -0.440. The molecule has 0 radical (unpaired) electrons. The molecular formula is C11H18O2S. The van der Waals surface area contributed by atoms with E-state index in [1.54, 1.807) is 11.8 Å². The van der Waals surface area contributed by atoms with Gasteiger partial charge in [-0.25, -0.2) is 0 Å². The third kappa shape index (κ3) is 2.32. The number of rotatable bonds is 3. The van der Waals surface area contributed by atoms with Crippen LogP contribution in [0.15, 0.2) is 12.3 Å². The molecule has 1 aliphatic rings. The van der Waals surface area contributed by atoms with Gasteiger partial charge in [-0.2, -0.15) is 0 Å². The van der Waals surface area contributed by atoms with Crippen molar-refractivity contribution in [3.05, 3.63) is 12.3 Å². The number of thioether (sulfide) groups is 1. The van der Waals surface area contributed by atoms with Gasteiger partial charge in [-0.3, -0.25) is 4.79 Å². The van der Waals surface area contributed by atoms with E-state index in [2.05, 4.69) is 34.3 Å². The Bertz CT molecular complexity index is 246. The van der Waals surface area contributed by atoms with Crippen molar-refractivity contribution in [3.8, 4) is 0 Å². The van der Waals surface area contributed by atoms with E-state index in [0.29, 0.717) is 16.9 Å². The van der Waals surface area contributed by atoms with Crippen LogP contribution in [0.25, 0.3) is 0 Å². The maximum Gasteiger partial charge on any atom is 0.315 e. The van der Waals surface area contributed by atoms with E-state index in [1.807, 2.05) is 0 Å². The molecule has 0 amide bonds. The van der Waals surface area contributed by atoms with Crippen LogP contribution in [0.4, 0.5) is 0 Å². The zero-order valence-electron chi connectivity index (χ0n) is 9.24. The fourth-order valence-electron chi connectivity index (χ4n) is 1.65. The van der Waals surface area contributed by atoms with Crippen LogP contribution in [-0.4, -0.2) is 16.5 Å². The van der Waals surface area contributed by atoms with Gasteiger partial charge in [0.25, 0.3) is 0 Å². The molecule has 14 heavy (non-hydrogen) atoms. The van der Waals surface area contributed by atoms with Crippen LogP contribution in [-0.2, 0) is 9.53 Å². The van der Waals surface area contributed by atoms with Crippen molar-refractivity contribution in [2.24, 2.45) is 11.8 Å². The molecule has 0 aromatic carbocycles. The van der Waals surface area contributed by atoms with Gasteiger partial charge in [0.05, 0.1) is 11.2 Å². The monoisotopic (exact) mass is 214 g/mol. The van der Waals surface area contributed by atoms with Crippen molar-refractivity contribution < 1.29 is 9.53 Å². The molecular weight excluding hydrogens is 196 g/mol. The van der Waals surface area contributed by atoms with E-state index in [-0.39, 0.29) is 17.1 Å². The summed E-state index contributed by atoms with van der Waals surface area (Å²) < 4.78 is 5.09. The summed E-state index contributed by atoms with van der Waals surface area (Å²) in [6.07, 6.45) is 0. The zero-order chi connectivity index (χ0) is 10.9. The minimum Gasteiger partial charge on any atom is -0.430 e. The Morgan fingerprint density at radius 3 is 2.36 bits per heavy atom. The van der Waals surface area contributed by atoms with Crippen molar-refractivity contribution in [2.45, 2.75) is 38.2 Å². The highest BCUT2D eigenvalue weighted by Gasteiger charge is 2.42. The average molecular weight is 214 g/mol. The second-order valence-corrected chi connectivity index (χ2v) is 5.99. The van der Waals surface area contributed by atoms with Crippen LogP contribution in [0.2, 0.25) is 0 Å². The summed E-state index contributed by atoms with van der Waals surface area (Å²) in [7, 11) is 0. The van der Waals surface area contributed by atoms with E-state index in [0.717, 1.165) is 0 Å². The molecule has 1 heterocycles. The quantitative estimate of drug-likeness (QED) is 0.676. The molecule has 0 aromatic heterocycles. The first kappa shape index (κ1) is 11.6. The molecule has 2 nitrogen and oxygen atoms in total. The molecule has 1 saturated heterocycles. The van der Waals surface area contributed by atoms with Gasteiger partial charge in [0.2, 0.25) is 0 Å². The summed E-state index contributed by atoms with van der Waals surface area (Å²) in [5.41, 5.74) is 0. The van der Waals surface area contributed by atoms with Gasteiger partial charge in [0, 0.05) is 0 Å². The van der Waals surface area contributed by atoms with Crippen LogP contribution in [0, 0.1) is 11.8 Å². The minimum absolute atomic E-state index is 0.0186. The van der Waals surface area contributed by atoms with Gasteiger partial charge in [-0.1, -0.05) is 34.3 Å². The topological polar surface area (TPSA) is 26.3 Å². The van der Waals surface area contributed by atoms with E-state index in [9.17, 15) is 4.79 Å². The number of esters is 1. The minimum atomic E-state index is -0.108. The number of hydrogen-bond acceptors (Lipinski definition) is 3. The standard InChI is InChI=1S/C11H18O2S/c1-6(2)9-10(14-7(3)4)8(5)13-11(9)12/h6-7,9-10H,5H2,1-4H3. The third-order valence-electron chi connectivity index (χ3n) is 2.28. The van der Waals surface area contributed by atoms with Crippen LogP contribution in [0.1, 0.15) is 27.7 Å². The molecule has 0 aliphatic carbocycles. The maximum atomic E-state index is 11.5. The first-order chi connectivity index (χ1) is 6.43. The fraction of sp³-hybridized carbons (Fsp3) is 0.727. The van der Waals surface area contributed by atoms with Gasteiger partial charge in [-0.05, 0) is 11.2 Å². The Balaban J connectivity index is 2.78. The second kappa shape index (κ2) is 4.39. The number of carbonyl (C=O) groups is 1. The number of ether oxygens (including phenoxy) is 1. The summed E-state index contributed by atoms with van der Waals surface area (Å²) >= 11 is 1.76. The van der Waals surface area contributed by atoms with Gasteiger partial charge in [-0.15, -0.1) is 11.8 Å². The smallest absolute Gasteiger partial charge is 0.315 e. The van der Waals surface area contributed by atoms with Gasteiger partial charge >= 0.3 is 5.97 Å². The lowest BCUT2D eigenvalue weighted by atomic mass is 9.94. The Morgan fingerprint density at radius 1 is 1.36 bits per heavy atom. The highest BCUT2D eigenvalue weighted by atomic mass is 32.2. The highest BCUT2D eigenvalue weighted by Crippen LogP contribution is 2.39. The summed E-state index contributed by atoms with van der Waals surface area (Å²) in [6, 6.07) is 0. The van der Waals surface area contributed by atoms with Crippen molar-refractivity contribution in [1.82, 2.24) is 0 Å².